The summed E-state index contributed by atoms with van der Waals surface area (Å²) in [6.07, 6.45) is -0.193. The van der Waals surface area contributed by atoms with Gasteiger partial charge in [-0.05, 0) is 13.3 Å². The maximum absolute atomic E-state index is 11.0. The van der Waals surface area contributed by atoms with E-state index in [4.69, 9.17) is 9.84 Å². The molecule has 82 valence electrons. The number of hydrogen-bond donors (Lipinski definition) is 1. The summed E-state index contributed by atoms with van der Waals surface area (Å²) in [6, 6.07) is 0. The summed E-state index contributed by atoms with van der Waals surface area (Å²) in [5.74, 6) is -0.609. The van der Waals surface area contributed by atoms with Crippen LogP contribution < -0.4 is 0 Å². The molecule has 0 fully saturated rings. The van der Waals surface area contributed by atoms with E-state index in [0.29, 0.717) is 6.42 Å². The summed E-state index contributed by atoms with van der Waals surface area (Å²) in [5, 5.41) is 8.86. The molecule has 0 aromatic rings. The molecule has 0 rings (SSSR count). The van der Waals surface area contributed by atoms with Crippen LogP contribution in [-0.4, -0.2) is 29.6 Å². The Morgan fingerprint density at radius 1 is 1.29 bits per heavy atom. The zero-order valence-corrected chi connectivity index (χ0v) is 8.95. The Hall–Kier alpha value is -0.900. The molecule has 0 amide bonds. The first kappa shape index (κ1) is 13.1. The molecule has 0 aliphatic rings. The number of ether oxygens (including phenoxy) is 1. The van der Waals surface area contributed by atoms with Gasteiger partial charge in [0.2, 0.25) is 0 Å². The molecule has 0 radical (unpaired) electrons. The molecule has 0 aromatic heterocycles. The monoisotopic (exact) mass is 202 g/mol. The summed E-state index contributed by atoms with van der Waals surface area (Å²) in [6.45, 7) is 5.19. The standard InChI is InChI=1S/C10H18O4/c1-7(2)10(13)14-6-4-5-9(12)8(3)11/h7-8,11H,4-6H2,1-3H3. The van der Waals surface area contributed by atoms with Gasteiger partial charge in [-0.3, -0.25) is 9.59 Å². The Morgan fingerprint density at radius 3 is 2.29 bits per heavy atom. The third-order valence-electron chi connectivity index (χ3n) is 1.75. The predicted octanol–water partition coefficient (Wildman–Crippen LogP) is 0.916. The van der Waals surface area contributed by atoms with Gasteiger partial charge in [-0.25, -0.2) is 0 Å². The van der Waals surface area contributed by atoms with E-state index in [0.717, 1.165) is 0 Å². The van der Waals surface area contributed by atoms with Crippen LogP contribution in [0.2, 0.25) is 0 Å². The number of hydrogen-bond acceptors (Lipinski definition) is 4. The molecule has 0 spiro atoms. The van der Waals surface area contributed by atoms with Crippen molar-refractivity contribution in [3.05, 3.63) is 0 Å². The van der Waals surface area contributed by atoms with Crippen LogP contribution in [0.3, 0.4) is 0 Å². The molecular formula is C10H18O4. The van der Waals surface area contributed by atoms with Crippen molar-refractivity contribution in [2.75, 3.05) is 6.61 Å². The number of aliphatic hydroxyl groups excluding tert-OH is 1. The average Bonchev–Trinajstić information content (AvgIpc) is 2.11. The van der Waals surface area contributed by atoms with Gasteiger partial charge in [0.15, 0.2) is 5.78 Å². The van der Waals surface area contributed by atoms with Gasteiger partial charge in [0.1, 0.15) is 6.10 Å². The molecule has 1 atom stereocenters. The first-order valence-corrected chi connectivity index (χ1v) is 4.82. The minimum Gasteiger partial charge on any atom is -0.465 e. The third kappa shape index (κ3) is 5.70. The largest absolute Gasteiger partial charge is 0.465 e. The number of esters is 1. The quantitative estimate of drug-likeness (QED) is 0.513. The van der Waals surface area contributed by atoms with E-state index in [1.165, 1.54) is 6.92 Å². The zero-order valence-electron chi connectivity index (χ0n) is 8.95. The van der Waals surface area contributed by atoms with Crippen LogP contribution in [0.25, 0.3) is 0 Å². The van der Waals surface area contributed by atoms with Crippen molar-refractivity contribution in [1.82, 2.24) is 0 Å². The highest BCUT2D eigenvalue weighted by Crippen LogP contribution is 2.00. The molecule has 0 heterocycles. The second kappa shape index (κ2) is 6.54. The molecule has 0 saturated carbocycles. The fourth-order valence-corrected chi connectivity index (χ4v) is 0.795. The van der Waals surface area contributed by atoms with Crippen LogP contribution in [0, 0.1) is 5.92 Å². The number of ketones is 1. The van der Waals surface area contributed by atoms with E-state index in [-0.39, 0.29) is 30.7 Å². The number of carbonyl (C=O) groups excluding carboxylic acids is 2. The van der Waals surface area contributed by atoms with Gasteiger partial charge in [-0.2, -0.15) is 0 Å². The lowest BCUT2D eigenvalue weighted by atomic mass is 10.1. The Labute approximate surface area is 84.3 Å². The van der Waals surface area contributed by atoms with Gasteiger partial charge in [-0.15, -0.1) is 0 Å². The molecule has 0 saturated heterocycles. The molecule has 0 bridgehead atoms. The first-order valence-electron chi connectivity index (χ1n) is 4.82. The number of rotatable bonds is 6. The highest BCUT2D eigenvalue weighted by atomic mass is 16.5. The van der Waals surface area contributed by atoms with Gasteiger partial charge < -0.3 is 9.84 Å². The van der Waals surface area contributed by atoms with Gasteiger partial charge >= 0.3 is 5.97 Å². The van der Waals surface area contributed by atoms with Crippen molar-refractivity contribution >= 4 is 11.8 Å². The third-order valence-corrected chi connectivity index (χ3v) is 1.75. The minimum atomic E-state index is -0.921. The average molecular weight is 202 g/mol. The van der Waals surface area contributed by atoms with Crippen LogP contribution in [0.5, 0.6) is 0 Å². The maximum Gasteiger partial charge on any atom is 0.308 e. The molecule has 0 aliphatic carbocycles. The second-order valence-corrected chi connectivity index (χ2v) is 3.57. The fourth-order valence-electron chi connectivity index (χ4n) is 0.795. The van der Waals surface area contributed by atoms with Crippen LogP contribution in [0.1, 0.15) is 33.6 Å². The molecule has 0 aliphatic heterocycles. The van der Waals surface area contributed by atoms with E-state index in [9.17, 15) is 9.59 Å². The lowest BCUT2D eigenvalue weighted by Gasteiger charge is -2.07. The van der Waals surface area contributed by atoms with E-state index >= 15 is 0 Å². The Balaban J connectivity index is 3.48. The van der Waals surface area contributed by atoms with Crippen molar-refractivity contribution in [2.24, 2.45) is 5.92 Å². The van der Waals surface area contributed by atoms with Crippen LogP contribution in [0.4, 0.5) is 0 Å². The Morgan fingerprint density at radius 2 is 1.86 bits per heavy atom. The second-order valence-electron chi connectivity index (χ2n) is 3.57. The van der Waals surface area contributed by atoms with Gasteiger partial charge in [0, 0.05) is 6.42 Å². The van der Waals surface area contributed by atoms with Crippen molar-refractivity contribution in [2.45, 2.75) is 39.7 Å². The highest BCUT2D eigenvalue weighted by Gasteiger charge is 2.10. The van der Waals surface area contributed by atoms with Crippen molar-refractivity contribution < 1.29 is 19.4 Å². The topological polar surface area (TPSA) is 63.6 Å². The van der Waals surface area contributed by atoms with Crippen molar-refractivity contribution in [3.63, 3.8) is 0 Å². The maximum atomic E-state index is 11.0. The van der Waals surface area contributed by atoms with Crippen molar-refractivity contribution in [1.29, 1.82) is 0 Å². The van der Waals surface area contributed by atoms with Crippen LogP contribution in [0.15, 0.2) is 0 Å². The Kier molecular flexibility index (Phi) is 6.12. The summed E-state index contributed by atoms with van der Waals surface area (Å²) >= 11 is 0. The molecule has 14 heavy (non-hydrogen) atoms. The number of aliphatic hydroxyl groups is 1. The molecular weight excluding hydrogens is 184 g/mol. The number of carbonyl (C=O) groups is 2. The predicted molar refractivity (Wildman–Crippen MR) is 51.7 cm³/mol. The van der Waals surface area contributed by atoms with Gasteiger partial charge in [0.05, 0.1) is 12.5 Å². The molecule has 4 heteroatoms. The zero-order chi connectivity index (χ0) is 11.1. The molecule has 4 nitrogen and oxygen atoms in total. The van der Waals surface area contributed by atoms with Crippen LogP contribution in [-0.2, 0) is 14.3 Å². The van der Waals surface area contributed by atoms with E-state index in [1.807, 2.05) is 0 Å². The number of Topliss-reactive ketones (excluding diaryl/α,β-unsaturated/α-hetero) is 1. The van der Waals surface area contributed by atoms with Gasteiger partial charge in [0.25, 0.3) is 0 Å². The molecule has 1 unspecified atom stereocenters. The summed E-state index contributed by atoms with van der Waals surface area (Å²) < 4.78 is 4.86. The summed E-state index contributed by atoms with van der Waals surface area (Å²) in [7, 11) is 0. The summed E-state index contributed by atoms with van der Waals surface area (Å²) in [4.78, 5) is 21.9. The fraction of sp³-hybridized carbons (Fsp3) is 0.800. The summed E-state index contributed by atoms with van der Waals surface area (Å²) in [5.41, 5.74) is 0. The van der Waals surface area contributed by atoms with Crippen molar-refractivity contribution in [3.8, 4) is 0 Å². The lowest BCUT2D eigenvalue weighted by Crippen LogP contribution is -2.17. The molecule has 0 aromatic carbocycles. The lowest BCUT2D eigenvalue weighted by molar-refractivity contribution is -0.147. The minimum absolute atomic E-state index is 0.137. The van der Waals surface area contributed by atoms with Crippen LogP contribution >= 0.6 is 0 Å². The smallest absolute Gasteiger partial charge is 0.308 e. The van der Waals surface area contributed by atoms with E-state index in [2.05, 4.69) is 0 Å². The Bertz CT molecular complexity index is 174. The highest BCUT2D eigenvalue weighted by molar-refractivity contribution is 5.82. The van der Waals surface area contributed by atoms with E-state index in [1.54, 1.807) is 13.8 Å². The molecule has 1 N–H and O–H groups in total. The van der Waals surface area contributed by atoms with E-state index < -0.39 is 6.10 Å². The SMILES string of the molecule is CC(C)C(=O)OCCCC(=O)C(C)O. The van der Waals surface area contributed by atoms with Gasteiger partial charge in [-0.1, -0.05) is 13.8 Å². The normalized spacial score (nSPS) is 12.6. The first-order chi connectivity index (χ1) is 6.45.